The minimum absolute atomic E-state index is 0.162. The molecule has 0 aromatic heterocycles. The number of methoxy groups -OCH3 is 2. The molecule has 6 rings (SSSR count). The maximum atomic E-state index is 6.26. The summed E-state index contributed by atoms with van der Waals surface area (Å²) in [5, 5.41) is 0. The highest BCUT2D eigenvalue weighted by Crippen LogP contribution is 2.50. The molecule has 35 heavy (non-hydrogen) atoms. The molecule has 4 aromatic carbocycles. The number of hydrogen-bond acceptors (Lipinski definition) is 3. The normalized spacial score (nSPS) is 22.7. The van der Waals surface area contributed by atoms with E-state index >= 15 is 0 Å². The lowest BCUT2D eigenvalue weighted by molar-refractivity contribution is 0.0238. The number of rotatable bonds is 6. The van der Waals surface area contributed by atoms with Gasteiger partial charge in [0, 0.05) is 36.3 Å². The average Bonchev–Trinajstić information content (AvgIpc) is 3.50. The highest BCUT2D eigenvalue weighted by Gasteiger charge is 2.42. The zero-order chi connectivity index (χ0) is 23.8. The van der Waals surface area contributed by atoms with Crippen molar-refractivity contribution >= 4 is 11.8 Å². The fourth-order valence-corrected chi connectivity index (χ4v) is 7.36. The lowest BCUT2D eigenvalue weighted by Crippen LogP contribution is -2.26. The Morgan fingerprint density at radius 1 is 0.743 bits per heavy atom. The molecule has 0 bridgehead atoms. The predicted octanol–water partition coefficient (Wildman–Crippen LogP) is 7.38. The first-order valence-electron chi connectivity index (χ1n) is 12.4. The Balaban J connectivity index is 1.39. The first-order chi connectivity index (χ1) is 17.2. The first-order valence-corrected chi connectivity index (χ1v) is 13.2. The maximum Gasteiger partial charge on any atom is 0.118 e. The van der Waals surface area contributed by atoms with Gasteiger partial charge >= 0.3 is 0 Å². The van der Waals surface area contributed by atoms with Gasteiger partial charge in [0.2, 0.25) is 0 Å². The zero-order valence-corrected chi connectivity index (χ0v) is 21.1. The molecule has 0 aliphatic heterocycles. The summed E-state index contributed by atoms with van der Waals surface area (Å²) in [6.45, 7) is 0. The summed E-state index contributed by atoms with van der Waals surface area (Å²) in [7, 11) is 3.69. The molecule has 3 heteroatoms. The third kappa shape index (κ3) is 3.74. The van der Waals surface area contributed by atoms with Crippen molar-refractivity contribution in [2.75, 3.05) is 14.2 Å². The highest BCUT2D eigenvalue weighted by molar-refractivity contribution is 7.99. The molecule has 176 valence electrons. The molecule has 2 aliphatic rings. The number of hydrogen-bond donors (Lipinski definition) is 0. The van der Waals surface area contributed by atoms with E-state index < -0.39 is 0 Å². The minimum Gasteiger partial charge on any atom is -0.380 e. The van der Waals surface area contributed by atoms with Crippen LogP contribution in [0.4, 0.5) is 0 Å². The Morgan fingerprint density at radius 3 is 2.14 bits per heavy atom. The van der Waals surface area contributed by atoms with Crippen molar-refractivity contribution in [3.8, 4) is 0 Å². The van der Waals surface area contributed by atoms with Crippen LogP contribution in [-0.4, -0.2) is 20.3 Å². The number of benzene rings is 4. The molecule has 2 nitrogen and oxygen atoms in total. The van der Waals surface area contributed by atoms with E-state index in [1.54, 1.807) is 0 Å². The van der Waals surface area contributed by atoms with E-state index in [0.717, 1.165) is 19.3 Å². The highest BCUT2D eigenvalue weighted by atomic mass is 32.2. The monoisotopic (exact) mass is 478 g/mol. The van der Waals surface area contributed by atoms with E-state index in [0.29, 0.717) is 0 Å². The van der Waals surface area contributed by atoms with Crippen LogP contribution in [0, 0.1) is 0 Å². The van der Waals surface area contributed by atoms with Crippen LogP contribution in [0.2, 0.25) is 0 Å². The second kappa shape index (κ2) is 9.31. The Bertz CT molecular complexity index is 1330. The Labute approximate surface area is 212 Å². The molecule has 0 spiro atoms. The average molecular weight is 479 g/mol. The van der Waals surface area contributed by atoms with E-state index in [-0.39, 0.29) is 17.6 Å². The lowest BCUT2D eigenvalue weighted by Gasteiger charge is -2.30. The van der Waals surface area contributed by atoms with Gasteiger partial charge in [0.25, 0.3) is 0 Å². The van der Waals surface area contributed by atoms with E-state index in [1.807, 2.05) is 26.0 Å². The third-order valence-corrected chi connectivity index (χ3v) is 9.05. The predicted molar refractivity (Wildman–Crippen MR) is 142 cm³/mol. The van der Waals surface area contributed by atoms with Gasteiger partial charge in [-0.15, -0.1) is 0 Å². The summed E-state index contributed by atoms with van der Waals surface area (Å²) in [5.74, 6) is 0.275. The van der Waals surface area contributed by atoms with E-state index in [2.05, 4.69) is 97.1 Å². The minimum atomic E-state index is -0.370. The first kappa shape index (κ1) is 22.6. The smallest absolute Gasteiger partial charge is 0.118 e. The lowest BCUT2D eigenvalue weighted by atomic mass is 9.87. The molecule has 3 atom stereocenters. The second-order valence-corrected chi connectivity index (χ2v) is 10.6. The van der Waals surface area contributed by atoms with Gasteiger partial charge in [-0.25, -0.2) is 0 Å². The summed E-state index contributed by atoms with van der Waals surface area (Å²) in [5.41, 5.74) is 7.74. The topological polar surface area (TPSA) is 18.5 Å². The quantitative estimate of drug-likeness (QED) is 0.288. The Hall–Kier alpha value is -2.85. The van der Waals surface area contributed by atoms with Gasteiger partial charge in [-0.2, -0.15) is 0 Å². The molecule has 0 saturated carbocycles. The Kier molecular flexibility index (Phi) is 6.01. The summed E-state index contributed by atoms with van der Waals surface area (Å²) < 4.78 is 12.3. The largest absolute Gasteiger partial charge is 0.380 e. The SMILES string of the molecule is COC1Cc2c(Sc3cccc4c3CCC4(OC)c3ccccc3)cccc2C1c1ccccc1. The van der Waals surface area contributed by atoms with Crippen LogP contribution >= 0.6 is 11.8 Å². The van der Waals surface area contributed by atoms with Gasteiger partial charge in [-0.05, 0) is 58.4 Å². The van der Waals surface area contributed by atoms with Crippen LogP contribution in [0.3, 0.4) is 0 Å². The van der Waals surface area contributed by atoms with Crippen LogP contribution < -0.4 is 0 Å². The summed E-state index contributed by atoms with van der Waals surface area (Å²) in [6.07, 6.45) is 3.09. The van der Waals surface area contributed by atoms with Gasteiger partial charge < -0.3 is 9.47 Å². The van der Waals surface area contributed by atoms with Gasteiger partial charge in [0.15, 0.2) is 0 Å². The molecule has 0 N–H and O–H groups in total. The van der Waals surface area contributed by atoms with Gasteiger partial charge in [0.05, 0.1) is 6.10 Å². The molecular formula is C32H30O2S. The van der Waals surface area contributed by atoms with Gasteiger partial charge in [0.1, 0.15) is 5.60 Å². The van der Waals surface area contributed by atoms with Crippen molar-refractivity contribution in [1.82, 2.24) is 0 Å². The van der Waals surface area contributed by atoms with Crippen molar-refractivity contribution in [2.45, 2.75) is 46.7 Å². The van der Waals surface area contributed by atoms with Crippen molar-refractivity contribution in [1.29, 1.82) is 0 Å². The summed E-state index contributed by atoms with van der Waals surface area (Å²) in [6, 6.07) is 34.9. The number of ether oxygens (including phenoxy) is 2. The van der Waals surface area contributed by atoms with Crippen LogP contribution in [0.1, 0.15) is 45.7 Å². The molecule has 0 fully saturated rings. The zero-order valence-electron chi connectivity index (χ0n) is 20.2. The molecule has 4 aromatic rings. The fourth-order valence-electron chi connectivity index (χ4n) is 6.17. The molecule has 0 radical (unpaired) electrons. The van der Waals surface area contributed by atoms with Crippen molar-refractivity contribution in [3.63, 3.8) is 0 Å². The molecule has 0 saturated heterocycles. The standard InChI is InChI=1S/C32H30O2S/c1-33-28-21-26-24(31(28)22-11-5-3-6-12-22)15-9-17-30(26)35-29-18-10-16-27-25(29)19-20-32(27,34-2)23-13-7-4-8-14-23/h3-18,28,31H,19-21H2,1-2H3. The second-order valence-electron chi connectivity index (χ2n) is 9.47. The fraction of sp³-hybridized carbons (Fsp3) is 0.250. The third-order valence-electron chi connectivity index (χ3n) is 7.85. The van der Waals surface area contributed by atoms with Crippen molar-refractivity contribution in [3.05, 3.63) is 130 Å². The Morgan fingerprint density at radius 2 is 1.43 bits per heavy atom. The molecule has 0 amide bonds. The summed E-state index contributed by atoms with van der Waals surface area (Å²) in [4.78, 5) is 2.67. The maximum absolute atomic E-state index is 6.26. The van der Waals surface area contributed by atoms with E-state index in [9.17, 15) is 0 Å². The van der Waals surface area contributed by atoms with E-state index in [1.165, 1.54) is 43.2 Å². The molecule has 2 aliphatic carbocycles. The van der Waals surface area contributed by atoms with Gasteiger partial charge in [-0.3, -0.25) is 0 Å². The molecular weight excluding hydrogens is 448 g/mol. The molecule has 3 unspecified atom stereocenters. The number of fused-ring (bicyclic) bond motifs is 2. The van der Waals surface area contributed by atoms with E-state index in [4.69, 9.17) is 9.47 Å². The van der Waals surface area contributed by atoms with Crippen LogP contribution in [0.25, 0.3) is 0 Å². The van der Waals surface area contributed by atoms with Crippen LogP contribution in [0.15, 0.2) is 107 Å². The molecule has 0 heterocycles. The van der Waals surface area contributed by atoms with Crippen LogP contribution in [-0.2, 0) is 27.9 Å². The summed E-state index contributed by atoms with van der Waals surface area (Å²) >= 11 is 1.90. The van der Waals surface area contributed by atoms with Gasteiger partial charge in [-0.1, -0.05) is 96.7 Å². The van der Waals surface area contributed by atoms with Crippen molar-refractivity contribution < 1.29 is 9.47 Å². The van der Waals surface area contributed by atoms with Crippen molar-refractivity contribution in [2.24, 2.45) is 0 Å². The van der Waals surface area contributed by atoms with Crippen LogP contribution in [0.5, 0.6) is 0 Å².